The Hall–Kier alpha value is -1.58. The minimum absolute atomic E-state index is 0.235. The first kappa shape index (κ1) is 9.51. The van der Waals surface area contributed by atoms with E-state index in [1.807, 2.05) is 20.2 Å². The van der Waals surface area contributed by atoms with E-state index in [9.17, 15) is 5.11 Å². The fourth-order valence-corrected chi connectivity index (χ4v) is 1.23. The van der Waals surface area contributed by atoms with E-state index >= 15 is 0 Å². The van der Waals surface area contributed by atoms with Crippen LogP contribution in [0.3, 0.4) is 0 Å². The summed E-state index contributed by atoms with van der Waals surface area (Å²) in [5, 5.41) is 18.5. The minimum atomic E-state index is 0.235. The molecule has 72 valence electrons. The molecule has 0 aliphatic rings. The van der Waals surface area contributed by atoms with Gasteiger partial charge in [0.05, 0.1) is 11.4 Å². The van der Waals surface area contributed by atoms with E-state index in [2.05, 4.69) is 16.0 Å². The zero-order valence-corrected chi connectivity index (χ0v) is 8.10. The highest BCUT2D eigenvalue weighted by molar-refractivity contribution is 5.79. The van der Waals surface area contributed by atoms with Crippen molar-refractivity contribution in [1.29, 1.82) is 0 Å². The molecule has 0 amide bonds. The molecule has 0 aromatic heterocycles. The predicted octanol–water partition coefficient (Wildman–Crippen LogP) is 1.52. The Morgan fingerprint density at radius 2 is 1.69 bits per heavy atom. The van der Waals surface area contributed by atoms with Gasteiger partial charge in [0.15, 0.2) is 0 Å². The van der Waals surface area contributed by atoms with Crippen LogP contribution in [0.2, 0.25) is 0 Å². The highest BCUT2D eigenvalue weighted by Crippen LogP contribution is 2.34. The lowest BCUT2D eigenvalue weighted by Gasteiger charge is -2.12. The van der Waals surface area contributed by atoms with Crippen molar-refractivity contribution < 1.29 is 5.11 Å². The van der Waals surface area contributed by atoms with Crippen LogP contribution in [0.1, 0.15) is 0 Å². The first-order valence-corrected chi connectivity index (χ1v) is 4.13. The van der Waals surface area contributed by atoms with Crippen molar-refractivity contribution in [2.75, 3.05) is 37.1 Å². The summed E-state index contributed by atoms with van der Waals surface area (Å²) >= 11 is 0. The highest BCUT2D eigenvalue weighted by Gasteiger charge is 2.06. The van der Waals surface area contributed by atoms with Gasteiger partial charge in [-0.25, -0.2) is 0 Å². The van der Waals surface area contributed by atoms with Gasteiger partial charge in [0, 0.05) is 32.9 Å². The second-order valence-electron chi connectivity index (χ2n) is 2.67. The Labute approximate surface area is 78.0 Å². The van der Waals surface area contributed by atoms with Gasteiger partial charge in [-0.05, 0) is 6.07 Å². The van der Waals surface area contributed by atoms with E-state index in [-0.39, 0.29) is 5.75 Å². The maximum absolute atomic E-state index is 9.59. The van der Waals surface area contributed by atoms with Crippen molar-refractivity contribution in [3.63, 3.8) is 0 Å². The molecule has 4 N–H and O–H groups in total. The Kier molecular flexibility index (Phi) is 2.84. The summed E-state index contributed by atoms with van der Waals surface area (Å²) < 4.78 is 0. The van der Waals surface area contributed by atoms with Gasteiger partial charge in [-0.2, -0.15) is 0 Å². The van der Waals surface area contributed by atoms with E-state index in [4.69, 9.17) is 0 Å². The van der Waals surface area contributed by atoms with Crippen LogP contribution in [0.4, 0.5) is 17.1 Å². The molecule has 13 heavy (non-hydrogen) atoms. The molecule has 0 radical (unpaired) electrons. The van der Waals surface area contributed by atoms with Crippen molar-refractivity contribution in [2.45, 2.75) is 0 Å². The van der Waals surface area contributed by atoms with Crippen LogP contribution in [-0.4, -0.2) is 26.2 Å². The summed E-state index contributed by atoms with van der Waals surface area (Å²) in [6, 6.07) is 3.60. The van der Waals surface area contributed by atoms with Gasteiger partial charge in [0.25, 0.3) is 0 Å². The molecular weight excluding hydrogens is 166 g/mol. The summed E-state index contributed by atoms with van der Waals surface area (Å²) in [6.07, 6.45) is 0. The lowest BCUT2D eigenvalue weighted by atomic mass is 10.2. The van der Waals surface area contributed by atoms with Crippen LogP contribution in [0, 0.1) is 0 Å². The SMILES string of the molecule is CNc1cc(O)c(NC)c(NC)c1. The number of benzene rings is 1. The third-order valence-corrected chi connectivity index (χ3v) is 1.93. The number of anilines is 3. The van der Waals surface area contributed by atoms with Gasteiger partial charge in [-0.15, -0.1) is 0 Å². The summed E-state index contributed by atoms with van der Waals surface area (Å²) in [5.41, 5.74) is 2.45. The fraction of sp³-hybridized carbons (Fsp3) is 0.333. The van der Waals surface area contributed by atoms with E-state index in [0.29, 0.717) is 5.69 Å². The van der Waals surface area contributed by atoms with Crippen molar-refractivity contribution in [1.82, 2.24) is 0 Å². The number of phenolic OH excluding ortho intramolecular Hbond substituents is 1. The molecule has 0 fully saturated rings. The van der Waals surface area contributed by atoms with Crippen LogP contribution < -0.4 is 16.0 Å². The molecule has 1 aromatic rings. The molecule has 1 aromatic carbocycles. The van der Waals surface area contributed by atoms with Gasteiger partial charge < -0.3 is 21.1 Å². The van der Waals surface area contributed by atoms with Gasteiger partial charge in [0.1, 0.15) is 5.75 Å². The highest BCUT2D eigenvalue weighted by atomic mass is 16.3. The average Bonchev–Trinajstić information content (AvgIpc) is 2.16. The summed E-state index contributed by atoms with van der Waals surface area (Å²) in [5.74, 6) is 0.235. The quantitative estimate of drug-likeness (QED) is 0.534. The lowest BCUT2D eigenvalue weighted by Crippen LogP contribution is -1.98. The Balaban J connectivity index is 3.20. The first-order valence-electron chi connectivity index (χ1n) is 4.13. The molecule has 0 unspecified atom stereocenters. The summed E-state index contributed by atoms with van der Waals surface area (Å²) in [6.45, 7) is 0. The van der Waals surface area contributed by atoms with Crippen molar-refractivity contribution in [3.8, 4) is 5.75 Å². The number of nitrogens with one attached hydrogen (secondary N) is 3. The normalized spacial score (nSPS) is 9.46. The summed E-state index contributed by atoms with van der Waals surface area (Å²) in [7, 11) is 5.40. The molecule has 0 atom stereocenters. The molecular formula is C9H15N3O. The zero-order valence-electron chi connectivity index (χ0n) is 8.10. The number of hydrogen-bond acceptors (Lipinski definition) is 4. The third-order valence-electron chi connectivity index (χ3n) is 1.93. The van der Waals surface area contributed by atoms with Crippen LogP contribution in [0.5, 0.6) is 5.75 Å². The number of phenols is 1. The fourth-order valence-electron chi connectivity index (χ4n) is 1.23. The Morgan fingerprint density at radius 3 is 2.15 bits per heavy atom. The maximum Gasteiger partial charge on any atom is 0.142 e. The topological polar surface area (TPSA) is 56.3 Å². The predicted molar refractivity (Wildman–Crippen MR) is 56.7 cm³/mol. The van der Waals surface area contributed by atoms with Crippen molar-refractivity contribution >= 4 is 17.1 Å². The smallest absolute Gasteiger partial charge is 0.142 e. The molecule has 0 aliphatic carbocycles. The van der Waals surface area contributed by atoms with E-state index in [1.165, 1.54) is 0 Å². The molecule has 0 heterocycles. The lowest BCUT2D eigenvalue weighted by molar-refractivity contribution is 0.478. The number of rotatable bonds is 3. The molecule has 0 saturated heterocycles. The van der Waals surface area contributed by atoms with Crippen molar-refractivity contribution in [2.24, 2.45) is 0 Å². The second kappa shape index (κ2) is 3.89. The largest absolute Gasteiger partial charge is 0.506 e. The molecule has 0 bridgehead atoms. The number of aromatic hydroxyl groups is 1. The average molecular weight is 181 g/mol. The van der Waals surface area contributed by atoms with Crippen molar-refractivity contribution in [3.05, 3.63) is 12.1 Å². The molecule has 4 nitrogen and oxygen atoms in total. The van der Waals surface area contributed by atoms with Gasteiger partial charge >= 0.3 is 0 Å². The standard InChI is InChI=1S/C9H15N3O/c1-10-6-4-7(11-2)9(12-3)8(13)5-6/h4-5,10-13H,1-3H3. The van der Waals surface area contributed by atoms with Gasteiger partial charge in [-0.3, -0.25) is 0 Å². The van der Waals surface area contributed by atoms with Crippen LogP contribution >= 0.6 is 0 Å². The molecule has 0 saturated carbocycles. The van der Waals surface area contributed by atoms with Crippen LogP contribution in [0.25, 0.3) is 0 Å². The zero-order chi connectivity index (χ0) is 9.84. The number of hydrogen-bond donors (Lipinski definition) is 4. The second-order valence-corrected chi connectivity index (χ2v) is 2.67. The third kappa shape index (κ3) is 1.77. The van der Waals surface area contributed by atoms with Crippen LogP contribution in [0.15, 0.2) is 12.1 Å². The molecule has 0 aliphatic heterocycles. The minimum Gasteiger partial charge on any atom is -0.506 e. The Bertz CT molecular complexity index is 299. The van der Waals surface area contributed by atoms with Crippen LogP contribution in [-0.2, 0) is 0 Å². The summed E-state index contributed by atoms with van der Waals surface area (Å²) in [4.78, 5) is 0. The monoisotopic (exact) mass is 181 g/mol. The first-order chi connectivity index (χ1) is 6.22. The van der Waals surface area contributed by atoms with Gasteiger partial charge in [-0.1, -0.05) is 0 Å². The maximum atomic E-state index is 9.59. The van der Waals surface area contributed by atoms with E-state index in [0.717, 1.165) is 11.4 Å². The van der Waals surface area contributed by atoms with Gasteiger partial charge in [0.2, 0.25) is 0 Å². The van der Waals surface area contributed by atoms with E-state index in [1.54, 1.807) is 13.1 Å². The Morgan fingerprint density at radius 1 is 1.00 bits per heavy atom. The molecule has 0 spiro atoms. The molecule has 4 heteroatoms. The molecule has 1 rings (SSSR count). The van der Waals surface area contributed by atoms with E-state index < -0.39 is 0 Å².